The van der Waals surface area contributed by atoms with Gasteiger partial charge in [0.2, 0.25) is 5.91 Å². The summed E-state index contributed by atoms with van der Waals surface area (Å²) >= 11 is 0. The van der Waals surface area contributed by atoms with Crippen molar-refractivity contribution in [3.8, 4) is 11.1 Å². The van der Waals surface area contributed by atoms with Gasteiger partial charge in [-0.3, -0.25) is 14.4 Å². The summed E-state index contributed by atoms with van der Waals surface area (Å²) in [6, 6.07) is 11.3. The van der Waals surface area contributed by atoms with Crippen LogP contribution in [0.3, 0.4) is 0 Å². The molecule has 6 heteroatoms. The van der Waals surface area contributed by atoms with Gasteiger partial charge in [-0.2, -0.15) is 0 Å². The van der Waals surface area contributed by atoms with Crippen LogP contribution in [0.2, 0.25) is 0 Å². The van der Waals surface area contributed by atoms with Crippen molar-refractivity contribution in [1.29, 1.82) is 0 Å². The minimum atomic E-state index is -0.487. The summed E-state index contributed by atoms with van der Waals surface area (Å²) in [7, 11) is 0. The number of benzene rings is 2. The summed E-state index contributed by atoms with van der Waals surface area (Å²) in [4.78, 5) is 38.5. The first kappa shape index (κ1) is 20.1. The average molecular weight is 389 g/mol. The molecule has 0 saturated carbocycles. The second-order valence-corrected chi connectivity index (χ2v) is 6.75. The average Bonchev–Trinajstić information content (AvgIpc) is 3.17. The van der Waals surface area contributed by atoms with E-state index >= 15 is 0 Å². The normalized spacial score (nSPS) is 11.1. The summed E-state index contributed by atoms with van der Waals surface area (Å²) in [6.07, 6.45) is 4.54. The Labute approximate surface area is 168 Å². The lowest BCUT2D eigenvalue weighted by Crippen LogP contribution is -2.20. The van der Waals surface area contributed by atoms with E-state index in [0.717, 1.165) is 27.6 Å². The number of ketones is 1. The lowest BCUT2D eigenvalue weighted by Gasteiger charge is -2.13. The van der Waals surface area contributed by atoms with Crippen LogP contribution in [0.1, 0.15) is 28.4 Å². The lowest BCUT2D eigenvalue weighted by molar-refractivity contribution is -0.117. The van der Waals surface area contributed by atoms with E-state index < -0.39 is 5.91 Å². The van der Waals surface area contributed by atoms with Crippen LogP contribution in [0.25, 0.3) is 22.0 Å². The van der Waals surface area contributed by atoms with Gasteiger partial charge in [0.15, 0.2) is 5.78 Å². The SMILES string of the molecule is CCNC(=O)/C=C\C(=O)Cc1cccc(-c2ccc(C(N)=O)c3[nH]ccc23)c1C. The quantitative estimate of drug-likeness (QED) is 0.541. The number of allylic oxidation sites excluding steroid dienone is 1. The summed E-state index contributed by atoms with van der Waals surface area (Å²) < 4.78 is 0. The standard InChI is InChI=1S/C23H23N3O3/c1-3-25-21(28)10-7-16(27)13-15-5-4-6-17(14(15)2)18-8-9-20(23(24)29)22-19(18)11-12-26-22/h4-12,26H,3,13H2,1-2H3,(H2,24,29)(H,25,28)/b10-7-. The summed E-state index contributed by atoms with van der Waals surface area (Å²) in [6.45, 7) is 4.30. The molecule has 6 nitrogen and oxygen atoms in total. The maximum Gasteiger partial charge on any atom is 0.250 e. The molecule has 4 N–H and O–H groups in total. The van der Waals surface area contributed by atoms with Gasteiger partial charge in [0.1, 0.15) is 0 Å². The van der Waals surface area contributed by atoms with Crippen LogP contribution in [-0.2, 0) is 16.0 Å². The number of carbonyl (C=O) groups is 3. The summed E-state index contributed by atoms with van der Waals surface area (Å²) in [5.41, 5.74) is 10.4. The van der Waals surface area contributed by atoms with Crippen molar-refractivity contribution in [3.63, 3.8) is 0 Å². The maximum atomic E-state index is 12.3. The summed E-state index contributed by atoms with van der Waals surface area (Å²) in [5.74, 6) is -0.915. The molecule has 1 heterocycles. The molecular formula is C23H23N3O3. The smallest absolute Gasteiger partial charge is 0.250 e. The molecule has 3 aromatic rings. The van der Waals surface area contributed by atoms with E-state index in [9.17, 15) is 14.4 Å². The number of aromatic amines is 1. The first-order valence-corrected chi connectivity index (χ1v) is 9.39. The van der Waals surface area contributed by atoms with Crippen molar-refractivity contribution >= 4 is 28.5 Å². The number of fused-ring (bicyclic) bond motifs is 1. The Morgan fingerprint density at radius 1 is 1.07 bits per heavy atom. The highest BCUT2D eigenvalue weighted by Gasteiger charge is 2.15. The Hall–Kier alpha value is -3.67. The minimum Gasteiger partial charge on any atom is -0.366 e. The third-order valence-corrected chi connectivity index (χ3v) is 4.86. The molecule has 0 aliphatic rings. The molecule has 0 bridgehead atoms. The number of likely N-dealkylation sites (N-methyl/N-ethyl adjacent to an activating group) is 1. The van der Waals surface area contributed by atoms with Crippen molar-refractivity contribution in [2.75, 3.05) is 6.54 Å². The maximum absolute atomic E-state index is 12.3. The van der Waals surface area contributed by atoms with Gasteiger partial charge in [-0.15, -0.1) is 0 Å². The molecule has 0 saturated heterocycles. The van der Waals surface area contributed by atoms with Gasteiger partial charge >= 0.3 is 0 Å². The van der Waals surface area contributed by atoms with Crippen LogP contribution in [-0.4, -0.2) is 29.1 Å². The van der Waals surface area contributed by atoms with Crippen LogP contribution in [0.5, 0.6) is 0 Å². The largest absolute Gasteiger partial charge is 0.366 e. The van der Waals surface area contributed by atoms with Crippen LogP contribution in [0, 0.1) is 6.92 Å². The Bertz CT molecular complexity index is 1130. The molecule has 0 radical (unpaired) electrons. The number of hydrogen-bond donors (Lipinski definition) is 3. The first-order chi connectivity index (χ1) is 13.9. The number of H-pyrrole nitrogens is 1. The Kier molecular flexibility index (Phi) is 5.93. The molecule has 0 spiro atoms. The monoisotopic (exact) mass is 389 g/mol. The number of aromatic nitrogens is 1. The third kappa shape index (κ3) is 4.27. The third-order valence-electron chi connectivity index (χ3n) is 4.86. The Balaban J connectivity index is 1.94. The van der Waals surface area contributed by atoms with Crippen molar-refractivity contribution in [1.82, 2.24) is 10.3 Å². The van der Waals surface area contributed by atoms with E-state index in [-0.39, 0.29) is 18.1 Å². The highest BCUT2D eigenvalue weighted by Crippen LogP contribution is 2.33. The fourth-order valence-electron chi connectivity index (χ4n) is 3.41. The molecule has 0 aliphatic heterocycles. The zero-order chi connectivity index (χ0) is 21.0. The zero-order valence-electron chi connectivity index (χ0n) is 16.4. The van der Waals surface area contributed by atoms with Crippen LogP contribution in [0.4, 0.5) is 0 Å². The van der Waals surface area contributed by atoms with Crippen molar-refractivity contribution < 1.29 is 14.4 Å². The van der Waals surface area contributed by atoms with Gasteiger partial charge in [0.25, 0.3) is 5.91 Å². The zero-order valence-corrected chi connectivity index (χ0v) is 16.4. The highest BCUT2D eigenvalue weighted by atomic mass is 16.2. The summed E-state index contributed by atoms with van der Waals surface area (Å²) in [5, 5.41) is 3.51. The van der Waals surface area contributed by atoms with Crippen molar-refractivity contribution in [2.24, 2.45) is 5.73 Å². The van der Waals surface area contributed by atoms with Crippen LogP contribution >= 0.6 is 0 Å². The van der Waals surface area contributed by atoms with E-state index in [0.29, 0.717) is 17.6 Å². The molecule has 3 rings (SSSR count). The topological polar surface area (TPSA) is 105 Å². The molecule has 0 unspecified atom stereocenters. The highest BCUT2D eigenvalue weighted by molar-refractivity contribution is 6.09. The van der Waals surface area contributed by atoms with Gasteiger partial charge < -0.3 is 16.0 Å². The van der Waals surface area contributed by atoms with E-state index in [1.165, 1.54) is 12.2 Å². The van der Waals surface area contributed by atoms with Crippen LogP contribution in [0.15, 0.2) is 54.7 Å². The molecule has 1 aromatic heterocycles. The fraction of sp³-hybridized carbons (Fsp3) is 0.174. The number of primary amides is 1. The molecule has 148 valence electrons. The molecule has 2 aromatic carbocycles. The second-order valence-electron chi connectivity index (χ2n) is 6.75. The fourth-order valence-corrected chi connectivity index (χ4v) is 3.41. The van der Waals surface area contributed by atoms with E-state index in [2.05, 4.69) is 10.3 Å². The second kappa shape index (κ2) is 8.56. The molecule has 29 heavy (non-hydrogen) atoms. The number of amides is 2. The van der Waals surface area contributed by atoms with Gasteiger partial charge in [0.05, 0.1) is 11.1 Å². The Morgan fingerprint density at radius 3 is 2.59 bits per heavy atom. The predicted octanol–water partition coefficient (Wildman–Crippen LogP) is 3.05. The van der Waals surface area contributed by atoms with Crippen LogP contribution < -0.4 is 11.1 Å². The molecule has 0 fully saturated rings. The van der Waals surface area contributed by atoms with E-state index in [1.807, 2.05) is 44.2 Å². The van der Waals surface area contributed by atoms with Gasteiger partial charge in [0, 0.05) is 30.6 Å². The van der Waals surface area contributed by atoms with Crippen molar-refractivity contribution in [3.05, 3.63) is 71.4 Å². The molecule has 0 atom stereocenters. The lowest BCUT2D eigenvalue weighted by atomic mass is 9.91. The Morgan fingerprint density at radius 2 is 1.86 bits per heavy atom. The number of nitrogens with two attached hydrogens (primary N) is 1. The molecular weight excluding hydrogens is 366 g/mol. The minimum absolute atomic E-state index is 0.146. The van der Waals surface area contributed by atoms with Gasteiger partial charge in [-0.1, -0.05) is 24.3 Å². The predicted molar refractivity (Wildman–Crippen MR) is 114 cm³/mol. The van der Waals surface area contributed by atoms with E-state index in [1.54, 1.807) is 12.3 Å². The van der Waals surface area contributed by atoms with Crippen molar-refractivity contribution in [2.45, 2.75) is 20.3 Å². The first-order valence-electron chi connectivity index (χ1n) is 9.39. The van der Waals surface area contributed by atoms with Gasteiger partial charge in [-0.05, 0) is 54.3 Å². The molecule has 2 amide bonds. The number of hydrogen-bond acceptors (Lipinski definition) is 3. The molecule has 0 aliphatic carbocycles. The number of carbonyl (C=O) groups excluding carboxylic acids is 3. The van der Waals surface area contributed by atoms with E-state index in [4.69, 9.17) is 5.73 Å². The van der Waals surface area contributed by atoms with Gasteiger partial charge in [-0.25, -0.2) is 0 Å². The number of rotatable bonds is 7. The number of nitrogens with one attached hydrogen (secondary N) is 2.